The van der Waals surface area contributed by atoms with E-state index in [0.29, 0.717) is 6.04 Å². The molecule has 0 saturated heterocycles. The molecule has 2 rings (SSSR count). The van der Waals surface area contributed by atoms with Crippen molar-refractivity contribution in [2.75, 3.05) is 5.32 Å². The summed E-state index contributed by atoms with van der Waals surface area (Å²) in [6.07, 6.45) is 5.46. The van der Waals surface area contributed by atoms with Crippen LogP contribution in [0.1, 0.15) is 39.5 Å². The van der Waals surface area contributed by atoms with Crippen LogP contribution in [-0.2, 0) is 0 Å². The minimum absolute atomic E-state index is 0.675. The number of hydrogen-bond acceptors (Lipinski definition) is 1. The number of hydrogen-bond donors (Lipinski definition) is 1. The smallest absolute Gasteiger partial charge is 0.0352 e. The number of benzene rings is 1. The molecule has 0 radical (unpaired) electrons. The third kappa shape index (κ3) is 3.87. The van der Waals surface area contributed by atoms with Crippen molar-refractivity contribution in [2.24, 2.45) is 11.8 Å². The lowest BCUT2D eigenvalue weighted by Crippen LogP contribution is -2.29. The molecule has 1 nitrogen and oxygen atoms in total. The van der Waals surface area contributed by atoms with Gasteiger partial charge < -0.3 is 5.32 Å². The summed E-state index contributed by atoms with van der Waals surface area (Å²) in [6.45, 7) is 4.72. The van der Waals surface area contributed by atoms with Gasteiger partial charge in [-0.05, 0) is 65.5 Å². The van der Waals surface area contributed by atoms with E-state index < -0.39 is 0 Å². The lowest BCUT2D eigenvalue weighted by atomic mass is 9.79. The summed E-state index contributed by atoms with van der Waals surface area (Å²) in [5.74, 6) is 1.74. The first kappa shape index (κ1) is 13.2. The van der Waals surface area contributed by atoms with E-state index in [-0.39, 0.29) is 0 Å². The van der Waals surface area contributed by atoms with Crippen LogP contribution in [0.3, 0.4) is 0 Å². The summed E-state index contributed by atoms with van der Waals surface area (Å²) >= 11 is 2.37. The SMILES string of the molecule is CC(C)C1CCCC(Nc2cccc(I)c2)C1. The number of nitrogens with one attached hydrogen (secondary N) is 1. The molecule has 0 aliphatic heterocycles. The maximum atomic E-state index is 3.70. The largest absolute Gasteiger partial charge is 0.382 e. The van der Waals surface area contributed by atoms with Gasteiger partial charge in [0, 0.05) is 15.3 Å². The molecule has 2 atom stereocenters. The maximum absolute atomic E-state index is 3.70. The van der Waals surface area contributed by atoms with Crippen LogP contribution in [0.4, 0.5) is 5.69 Å². The maximum Gasteiger partial charge on any atom is 0.0352 e. The summed E-state index contributed by atoms with van der Waals surface area (Å²) < 4.78 is 1.31. The molecule has 17 heavy (non-hydrogen) atoms. The Kier molecular flexibility index (Phi) is 4.71. The Morgan fingerprint density at radius 2 is 2.12 bits per heavy atom. The summed E-state index contributed by atoms with van der Waals surface area (Å²) in [5, 5.41) is 3.70. The van der Waals surface area contributed by atoms with E-state index in [9.17, 15) is 0 Å². The van der Waals surface area contributed by atoms with Crippen LogP contribution in [0, 0.1) is 15.4 Å². The van der Waals surface area contributed by atoms with Gasteiger partial charge in [0.25, 0.3) is 0 Å². The summed E-state index contributed by atoms with van der Waals surface area (Å²) in [4.78, 5) is 0. The van der Waals surface area contributed by atoms with Crippen LogP contribution in [0.25, 0.3) is 0 Å². The lowest BCUT2D eigenvalue weighted by Gasteiger charge is -2.32. The van der Waals surface area contributed by atoms with E-state index in [2.05, 4.69) is 66.0 Å². The zero-order chi connectivity index (χ0) is 12.3. The highest BCUT2D eigenvalue weighted by Gasteiger charge is 2.23. The Labute approximate surface area is 119 Å². The molecule has 0 amide bonds. The van der Waals surface area contributed by atoms with Crippen LogP contribution in [-0.4, -0.2) is 6.04 Å². The molecular weight excluding hydrogens is 321 g/mol. The Morgan fingerprint density at radius 3 is 2.82 bits per heavy atom. The zero-order valence-electron chi connectivity index (χ0n) is 10.7. The highest BCUT2D eigenvalue weighted by molar-refractivity contribution is 14.1. The van der Waals surface area contributed by atoms with Crippen molar-refractivity contribution in [3.63, 3.8) is 0 Å². The Bertz CT molecular complexity index is 362. The molecule has 1 aromatic rings. The molecule has 1 aliphatic rings. The molecule has 2 heteroatoms. The fourth-order valence-electron chi connectivity index (χ4n) is 2.78. The van der Waals surface area contributed by atoms with Crippen molar-refractivity contribution >= 4 is 28.3 Å². The standard InChI is InChI=1S/C15H22IN/c1-11(2)12-5-3-7-14(9-12)17-15-8-4-6-13(16)10-15/h4,6,8,10-12,14,17H,3,5,7,9H2,1-2H3. The van der Waals surface area contributed by atoms with Gasteiger partial charge in [0.1, 0.15) is 0 Å². The Hall–Kier alpha value is -0.250. The minimum Gasteiger partial charge on any atom is -0.382 e. The van der Waals surface area contributed by atoms with Crippen LogP contribution in [0.5, 0.6) is 0 Å². The molecule has 0 aromatic heterocycles. The van der Waals surface area contributed by atoms with Gasteiger partial charge >= 0.3 is 0 Å². The summed E-state index contributed by atoms with van der Waals surface area (Å²) in [5.41, 5.74) is 1.28. The third-order valence-electron chi connectivity index (χ3n) is 3.85. The van der Waals surface area contributed by atoms with Crippen LogP contribution in [0.15, 0.2) is 24.3 Å². The normalized spacial score (nSPS) is 24.9. The average Bonchev–Trinajstić information content (AvgIpc) is 2.29. The van der Waals surface area contributed by atoms with Crippen LogP contribution >= 0.6 is 22.6 Å². The summed E-state index contributed by atoms with van der Waals surface area (Å²) in [7, 11) is 0. The molecule has 1 fully saturated rings. The molecule has 1 aliphatic carbocycles. The highest BCUT2D eigenvalue weighted by atomic mass is 127. The molecule has 0 heterocycles. The van der Waals surface area contributed by atoms with Gasteiger partial charge in [0.2, 0.25) is 0 Å². The highest BCUT2D eigenvalue weighted by Crippen LogP contribution is 2.31. The molecule has 1 saturated carbocycles. The van der Waals surface area contributed by atoms with Gasteiger partial charge in [-0.1, -0.05) is 32.8 Å². The first-order chi connectivity index (χ1) is 8.15. The first-order valence-electron chi connectivity index (χ1n) is 6.67. The van der Waals surface area contributed by atoms with E-state index in [4.69, 9.17) is 0 Å². The van der Waals surface area contributed by atoms with Gasteiger partial charge in [0.15, 0.2) is 0 Å². The second kappa shape index (κ2) is 6.07. The van der Waals surface area contributed by atoms with E-state index in [1.165, 1.54) is 34.9 Å². The van der Waals surface area contributed by atoms with E-state index in [0.717, 1.165) is 11.8 Å². The van der Waals surface area contributed by atoms with Crippen molar-refractivity contribution in [3.05, 3.63) is 27.8 Å². The molecule has 1 N–H and O–H groups in total. The fraction of sp³-hybridized carbons (Fsp3) is 0.600. The zero-order valence-corrected chi connectivity index (χ0v) is 12.9. The molecule has 94 valence electrons. The topological polar surface area (TPSA) is 12.0 Å². The monoisotopic (exact) mass is 343 g/mol. The van der Waals surface area contributed by atoms with E-state index in [1.54, 1.807) is 0 Å². The van der Waals surface area contributed by atoms with E-state index >= 15 is 0 Å². The van der Waals surface area contributed by atoms with Crippen molar-refractivity contribution in [3.8, 4) is 0 Å². The van der Waals surface area contributed by atoms with Gasteiger partial charge in [0.05, 0.1) is 0 Å². The summed E-state index contributed by atoms with van der Waals surface area (Å²) in [6, 6.07) is 9.37. The second-order valence-electron chi connectivity index (χ2n) is 5.52. The van der Waals surface area contributed by atoms with Crippen molar-refractivity contribution in [1.29, 1.82) is 0 Å². The predicted molar refractivity (Wildman–Crippen MR) is 83.4 cm³/mol. The van der Waals surface area contributed by atoms with E-state index in [1.807, 2.05) is 0 Å². The van der Waals surface area contributed by atoms with Crippen molar-refractivity contribution in [1.82, 2.24) is 0 Å². The van der Waals surface area contributed by atoms with Gasteiger partial charge in [-0.3, -0.25) is 0 Å². The average molecular weight is 343 g/mol. The number of anilines is 1. The third-order valence-corrected chi connectivity index (χ3v) is 4.52. The molecule has 2 unspecified atom stereocenters. The quantitative estimate of drug-likeness (QED) is 0.769. The molecule has 0 spiro atoms. The molecule has 0 bridgehead atoms. The second-order valence-corrected chi connectivity index (χ2v) is 6.77. The fourth-order valence-corrected chi connectivity index (χ4v) is 3.32. The van der Waals surface area contributed by atoms with Crippen molar-refractivity contribution in [2.45, 2.75) is 45.6 Å². The van der Waals surface area contributed by atoms with Crippen LogP contribution in [0.2, 0.25) is 0 Å². The van der Waals surface area contributed by atoms with Gasteiger partial charge in [-0.2, -0.15) is 0 Å². The Morgan fingerprint density at radius 1 is 1.29 bits per heavy atom. The number of rotatable bonds is 3. The van der Waals surface area contributed by atoms with Crippen molar-refractivity contribution < 1.29 is 0 Å². The minimum atomic E-state index is 0.675. The number of halogens is 1. The lowest BCUT2D eigenvalue weighted by molar-refractivity contribution is 0.264. The first-order valence-corrected chi connectivity index (χ1v) is 7.75. The Balaban J connectivity index is 1.94. The van der Waals surface area contributed by atoms with Gasteiger partial charge in [-0.25, -0.2) is 0 Å². The predicted octanol–water partition coefficient (Wildman–Crippen LogP) is 4.92. The molecular formula is C15H22IN. The molecule has 1 aromatic carbocycles. The van der Waals surface area contributed by atoms with Gasteiger partial charge in [-0.15, -0.1) is 0 Å². The van der Waals surface area contributed by atoms with Crippen LogP contribution < -0.4 is 5.32 Å².